The molecule has 9 nitrogen and oxygen atoms in total. The predicted octanol–water partition coefficient (Wildman–Crippen LogP) is 5.23. The Morgan fingerprint density at radius 1 is 1.08 bits per heavy atom. The Hall–Kier alpha value is -1.92. The third kappa shape index (κ3) is 7.32. The molecule has 4 rings (SSSR count). The number of halogens is 2. The maximum atomic E-state index is 6.02. The van der Waals surface area contributed by atoms with Gasteiger partial charge in [0.05, 0.1) is 6.54 Å². The molecule has 0 spiro atoms. The summed E-state index contributed by atoms with van der Waals surface area (Å²) in [7, 11) is 4.08. The number of benzene rings is 1. The summed E-state index contributed by atoms with van der Waals surface area (Å²) in [6.45, 7) is 5.82. The largest absolute Gasteiger partial charge is 0.308 e. The molecule has 0 saturated heterocycles. The molecule has 0 radical (unpaired) electrons. The lowest BCUT2D eigenvalue weighted by Crippen LogP contribution is -2.19. The lowest BCUT2D eigenvalue weighted by Gasteiger charge is -2.13. The van der Waals surface area contributed by atoms with Crippen molar-refractivity contribution >= 4 is 53.3 Å². The summed E-state index contributed by atoms with van der Waals surface area (Å²) in [5.41, 5.74) is 3.32. The first-order valence-electron chi connectivity index (χ1n) is 11.7. The van der Waals surface area contributed by atoms with Gasteiger partial charge in [0.1, 0.15) is 5.03 Å². The van der Waals surface area contributed by atoms with E-state index in [2.05, 4.69) is 34.3 Å². The topological polar surface area (TPSA) is 89.9 Å². The highest BCUT2D eigenvalue weighted by Crippen LogP contribution is 2.32. The lowest BCUT2D eigenvalue weighted by molar-refractivity contribution is 0.361. The van der Waals surface area contributed by atoms with E-state index >= 15 is 0 Å². The van der Waals surface area contributed by atoms with Gasteiger partial charge in [-0.1, -0.05) is 55.3 Å². The fourth-order valence-electron chi connectivity index (χ4n) is 3.52. The molecule has 194 valence electrons. The number of fused-ring (bicyclic) bond motifs is 1. The fraction of sp³-hybridized carbons (Fsp3) is 0.478. The molecule has 13 heteroatoms. The molecule has 0 amide bonds. The van der Waals surface area contributed by atoms with Gasteiger partial charge in [0.15, 0.2) is 0 Å². The average molecular weight is 569 g/mol. The molecule has 0 unspecified atom stereocenters. The van der Waals surface area contributed by atoms with E-state index in [9.17, 15) is 0 Å². The van der Waals surface area contributed by atoms with Crippen molar-refractivity contribution in [2.75, 3.05) is 20.6 Å². The zero-order valence-electron chi connectivity index (χ0n) is 20.9. The summed E-state index contributed by atoms with van der Waals surface area (Å²) in [4.78, 5) is 11.6. The summed E-state index contributed by atoms with van der Waals surface area (Å²) in [6, 6.07) is 7.84. The SMILES string of the molecule is CCCCCc1c(C)nc2nc(SCc3ccc(Cl)cc3)nn2c1Sc1nnnn1CCN(C)C.Cl. The highest BCUT2D eigenvalue weighted by atomic mass is 35.5. The van der Waals surface area contributed by atoms with E-state index in [1.807, 2.05) is 47.6 Å². The first-order chi connectivity index (χ1) is 16.9. The van der Waals surface area contributed by atoms with Crippen LogP contribution in [0, 0.1) is 6.92 Å². The van der Waals surface area contributed by atoms with Crippen LogP contribution >= 0.6 is 47.5 Å². The van der Waals surface area contributed by atoms with Crippen molar-refractivity contribution in [1.82, 2.24) is 44.7 Å². The van der Waals surface area contributed by atoms with E-state index in [-0.39, 0.29) is 12.4 Å². The van der Waals surface area contributed by atoms with Crippen LogP contribution in [0.4, 0.5) is 0 Å². The summed E-state index contributed by atoms with van der Waals surface area (Å²) in [6.07, 6.45) is 4.35. The Morgan fingerprint density at radius 2 is 1.86 bits per heavy atom. The number of aryl methyl sites for hydroxylation is 1. The van der Waals surface area contributed by atoms with Gasteiger partial charge in [0.2, 0.25) is 10.3 Å². The van der Waals surface area contributed by atoms with Crippen molar-refractivity contribution in [3.05, 3.63) is 46.1 Å². The van der Waals surface area contributed by atoms with Crippen LogP contribution in [0.25, 0.3) is 5.78 Å². The first-order valence-corrected chi connectivity index (χ1v) is 13.8. The molecule has 3 heterocycles. The summed E-state index contributed by atoms with van der Waals surface area (Å²) in [5, 5.41) is 20.4. The number of tetrazole rings is 1. The average Bonchev–Trinajstić information content (AvgIpc) is 3.45. The molecule has 0 bridgehead atoms. The smallest absolute Gasteiger partial charge is 0.254 e. The van der Waals surface area contributed by atoms with E-state index in [1.165, 1.54) is 23.7 Å². The van der Waals surface area contributed by atoms with Crippen LogP contribution < -0.4 is 0 Å². The zero-order chi connectivity index (χ0) is 24.8. The molecule has 0 saturated carbocycles. The Kier molecular flexibility index (Phi) is 10.8. The maximum absolute atomic E-state index is 6.02. The van der Waals surface area contributed by atoms with Crippen LogP contribution in [0.5, 0.6) is 0 Å². The minimum Gasteiger partial charge on any atom is -0.308 e. The third-order valence-electron chi connectivity index (χ3n) is 5.48. The van der Waals surface area contributed by atoms with Crippen molar-refractivity contribution in [2.24, 2.45) is 0 Å². The number of hydrogen-bond acceptors (Lipinski definition) is 9. The number of thioether (sulfide) groups is 1. The van der Waals surface area contributed by atoms with Crippen molar-refractivity contribution in [3.63, 3.8) is 0 Å². The van der Waals surface area contributed by atoms with Crippen LogP contribution in [0.1, 0.15) is 43.0 Å². The summed E-state index contributed by atoms with van der Waals surface area (Å²) >= 11 is 9.13. The molecular weight excluding hydrogens is 537 g/mol. The Balaban J connectivity index is 0.00000361. The molecule has 0 fully saturated rings. The Morgan fingerprint density at radius 3 is 2.58 bits per heavy atom. The van der Waals surface area contributed by atoms with Crippen LogP contribution in [0.2, 0.25) is 5.02 Å². The van der Waals surface area contributed by atoms with Crippen LogP contribution in [-0.4, -0.2) is 65.3 Å². The minimum atomic E-state index is 0. The minimum absolute atomic E-state index is 0. The predicted molar refractivity (Wildman–Crippen MR) is 148 cm³/mol. The summed E-state index contributed by atoms with van der Waals surface area (Å²) < 4.78 is 3.70. The molecule has 1 aromatic carbocycles. The van der Waals surface area contributed by atoms with Gasteiger partial charge in [-0.25, -0.2) is 9.67 Å². The number of likely N-dealkylation sites (N-methyl/N-ethyl adjacent to an activating group) is 1. The lowest BCUT2D eigenvalue weighted by atomic mass is 10.1. The molecule has 36 heavy (non-hydrogen) atoms. The van der Waals surface area contributed by atoms with Gasteiger partial charge in [-0.2, -0.15) is 9.50 Å². The van der Waals surface area contributed by atoms with Crippen molar-refractivity contribution in [2.45, 2.75) is 67.2 Å². The molecule has 0 aliphatic carbocycles. The molecule has 0 aliphatic heterocycles. The normalized spacial score (nSPS) is 11.4. The number of aromatic nitrogens is 8. The Bertz CT molecular complexity index is 1260. The summed E-state index contributed by atoms with van der Waals surface area (Å²) in [5.74, 6) is 1.34. The van der Waals surface area contributed by atoms with Gasteiger partial charge in [-0.3, -0.25) is 0 Å². The fourth-order valence-corrected chi connectivity index (χ4v) is 5.48. The number of nitrogens with zero attached hydrogens (tertiary/aromatic N) is 9. The van der Waals surface area contributed by atoms with Crippen LogP contribution in [-0.2, 0) is 18.7 Å². The van der Waals surface area contributed by atoms with E-state index < -0.39 is 0 Å². The van der Waals surface area contributed by atoms with E-state index in [4.69, 9.17) is 26.7 Å². The highest BCUT2D eigenvalue weighted by Gasteiger charge is 2.20. The van der Waals surface area contributed by atoms with Crippen molar-refractivity contribution in [3.8, 4) is 0 Å². The molecule has 0 atom stereocenters. The molecular formula is C23H31Cl2N9S2. The van der Waals surface area contributed by atoms with Gasteiger partial charge < -0.3 is 4.90 Å². The number of rotatable bonds is 12. The third-order valence-corrected chi connectivity index (χ3v) is 7.73. The van der Waals surface area contributed by atoms with E-state index in [0.717, 1.165) is 58.0 Å². The number of hydrogen-bond donors (Lipinski definition) is 0. The zero-order valence-corrected chi connectivity index (χ0v) is 24.1. The van der Waals surface area contributed by atoms with E-state index in [0.29, 0.717) is 17.5 Å². The number of unbranched alkanes of at least 4 members (excludes halogenated alkanes) is 2. The Labute approximate surface area is 231 Å². The highest BCUT2D eigenvalue weighted by molar-refractivity contribution is 7.99. The standard InChI is InChI=1S/C23H30ClN9S2.ClH/c1-5-6-7-8-19-16(2)25-21-26-22(34-15-17-9-11-18(24)12-10-17)28-33(21)20(19)35-23-27-29-30-32(23)14-13-31(3)4;/h9-12H,5-8,13-15H2,1-4H3;1H. The molecule has 0 N–H and O–H groups in total. The van der Waals surface area contributed by atoms with Crippen LogP contribution in [0.3, 0.4) is 0 Å². The van der Waals surface area contributed by atoms with Gasteiger partial charge in [-0.05, 0) is 73.7 Å². The van der Waals surface area contributed by atoms with Crippen LogP contribution in [0.15, 0.2) is 39.6 Å². The second-order valence-electron chi connectivity index (χ2n) is 8.55. The van der Waals surface area contributed by atoms with Gasteiger partial charge >= 0.3 is 0 Å². The van der Waals surface area contributed by atoms with Crippen molar-refractivity contribution in [1.29, 1.82) is 0 Å². The second-order valence-corrected chi connectivity index (χ2v) is 10.9. The first kappa shape index (κ1) is 28.6. The quantitative estimate of drug-likeness (QED) is 0.129. The van der Waals surface area contributed by atoms with E-state index in [1.54, 1.807) is 11.8 Å². The molecule has 0 aliphatic rings. The van der Waals surface area contributed by atoms with Gasteiger partial charge in [-0.15, -0.1) is 22.6 Å². The van der Waals surface area contributed by atoms with Gasteiger partial charge in [0, 0.05) is 28.6 Å². The van der Waals surface area contributed by atoms with Crippen molar-refractivity contribution < 1.29 is 0 Å². The molecule has 4 aromatic rings. The van der Waals surface area contributed by atoms with Gasteiger partial charge in [0.25, 0.3) is 5.78 Å². The molecule has 3 aromatic heterocycles. The second kappa shape index (κ2) is 13.6. The monoisotopic (exact) mass is 567 g/mol. The maximum Gasteiger partial charge on any atom is 0.254 e.